The third kappa shape index (κ3) is 14.5. The SMILES string of the molecule is CN(C)c1ccc(C(c2ccc(OCCCC(=O)NCCC(C)(C)OCCC(C)(C)NC(=O)OC(C)(C)C)cc2)c2ccc(N(C)C)cc2)cc1. The molecule has 0 aliphatic carbocycles. The molecule has 3 aromatic rings. The number of carbonyl (C=O) groups excluding carboxylic acids is 2. The first-order chi connectivity index (χ1) is 23.8. The van der Waals surface area contributed by atoms with Gasteiger partial charge in [0.15, 0.2) is 0 Å². The molecule has 0 spiro atoms. The smallest absolute Gasteiger partial charge is 0.408 e. The van der Waals surface area contributed by atoms with E-state index in [1.807, 2.05) is 60.6 Å². The summed E-state index contributed by atoms with van der Waals surface area (Å²) in [6.07, 6.45) is 1.86. The van der Waals surface area contributed by atoms with Gasteiger partial charge < -0.3 is 34.6 Å². The van der Waals surface area contributed by atoms with E-state index in [1.54, 1.807) is 0 Å². The summed E-state index contributed by atoms with van der Waals surface area (Å²) >= 11 is 0. The Kier molecular flexibility index (Phi) is 14.8. The van der Waals surface area contributed by atoms with Crippen LogP contribution in [0, 0.1) is 0 Å². The highest BCUT2D eigenvalue weighted by molar-refractivity contribution is 5.75. The number of alkyl carbamates (subject to hydrolysis) is 1. The van der Waals surface area contributed by atoms with Crippen molar-refractivity contribution >= 4 is 23.4 Å². The molecule has 0 aliphatic heterocycles. The summed E-state index contributed by atoms with van der Waals surface area (Å²) in [7, 11) is 8.21. The normalized spacial score (nSPS) is 12.0. The van der Waals surface area contributed by atoms with Gasteiger partial charge in [-0.3, -0.25) is 4.79 Å². The maximum atomic E-state index is 12.5. The fourth-order valence-electron chi connectivity index (χ4n) is 5.57. The molecule has 0 unspecified atom stereocenters. The number of benzene rings is 3. The van der Waals surface area contributed by atoms with E-state index in [0.29, 0.717) is 45.4 Å². The molecule has 9 heteroatoms. The second-order valence-corrected chi connectivity index (χ2v) is 15.9. The van der Waals surface area contributed by atoms with Crippen LogP contribution >= 0.6 is 0 Å². The maximum absolute atomic E-state index is 12.5. The predicted octanol–water partition coefficient (Wildman–Crippen LogP) is 8.15. The zero-order valence-electron chi connectivity index (χ0n) is 32.9. The summed E-state index contributed by atoms with van der Waals surface area (Å²) in [6, 6.07) is 25.8. The Hall–Kier alpha value is -4.24. The van der Waals surface area contributed by atoms with Gasteiger partial charge in [-0.25, -0.2) is 4.79 Å². The van der Waals surface area contributed by atoms with E-state index < -0.39 is 22.8 Å². The number of anilines is 2. The van der Waals surface area contributed by atoms with Crippen molar-refractivity contribution in [3.05, 3.63) is 89.5 Å². The highest BCUT2D eigenvalue weighted by Gasteiger charge is 2.26. The van der Waals surface area contributed by atoms with Crippen molar-refractivity contribution in [1.29, 1.82) is 0 Å². The molecule has 3 rings (SSSR count). The molecule has 0 fully saturated rings. The number of nitrogens with zero attached hydrogens (tertiary/aromatic N) is 2. The Bertz CT molecular complexity index is 1460. The Morgan fingerprint density at radius 1 is 0.686 bits per heavy atom. The number of nitrogens with one attached hydrogen (secondary N) is 2. The molecule has 0 bridgehead atoms. The van der Waals surface area contributed by atoms with Crippen LogP contribution in [-0.2, 0) is 14.3 Å². The van der Waals surface area contributed by atoms with Gasteiger partial charge >= 0.3 is 6.09 Å². The third-order valence-corrected chi connectivity index (χ3v) is 8.62. The largest absolute Gasteiger partial charge is 0.494 e. The molecule has 9 nitrogen and oxygen atoms in total. The first-order valence-corrected chi connectivity index (χ1v) is 18.0. The highest BCUT2D eigenvalue weighted by Crippen LogP contribution is 2.34. The summed E-state index contributed by atoms with van der Waals surface area (Å²) in [5, 5.41) is 5.92. The lowest BCUT2D eigenvalue weighted by molar-refractivity contribution is -0.121. The van der Waals surface area contributed by atoms with Crippen molar-refractivity contribution < 1.29 is 23.8 Å². The van der Waals surface area contributed by atoms with Crippen molar-refractivity contribution in [2.24, 2.45) is 0 Å². The molecule has 2 amide bonds. The Morgan fingerprint density at radius 2 is 1.18 bits per heavy atom. The van der Waals surface area contributed by atoms with Crippen molar-refractivity contribution in [3.8, 4) is 5.75 Å². The minimum atomic E-state index is -0.548. The molecule has 280 valence electrons. The zero-order valence-corrected chi connectivity index (χ0v) is 32.9. The van der Waals surface area contributed by atoms with Crippen molar-refractivity contribution in [3.63, 3.8) is 0 Å². The van der Waals surface area contributed by atoms with Gasteiger partial charge in [-0.2, -0.15) is 0 Å². The number of hydrogen-bond donors (Lipinski definition) is 2. The fourth-order valence-corrected chi connectivity index (χ4v) is 5.57. The lowest BCUT2D eigenvalue weighted by Crippen LogP contribution is -2.46. The van der Waals surface area contributed by atoms with Crippen molar-refractivity contribution in [2.75, 3.05) is 57.7 Å². The van der Waals surface area contributed by atoms with Crippen LogP contribution in [0.15, 0.2) is 72.8 Å². The topological polar surface area (TPSA) is 92.4 Å². The molecule has 51 heavy (non-hydrogen) atoms. The van der Waals surface area contributed by atoms with Gasteiger partial charge in [0.25, 0.3) is 0 Å². The maximum Gasteiger partial charge on any atom is 0.408 e. The molecule has 0 radical (unpaired) electrons. The van der Waals surface area contributed by atoms with E-state index >= 15 is 0 Å². The lowest BCUT2D eigenvalue weighted by atomic mass is 9.85. The molecule has 2 N–H and O–H groups in total. The van der Waals surface area contributed by atoms with Crippen molar-refractivity contribution in [2.45, 2.75) is 96.8 Å². The molecule has 0 aliphatic rings. The number of amides is 2. The number of hydrogen-bond acceptors (Lipinski definition) is 7. The molecular weight excluding hydrogens is 640 g/mol. The van der Waals surface area contributed by atoms with Gasteiger partial charge in [0, 0.05) is 70.6 Å². The first-order valence-electron chi connectivity index (χ1n) is 18.0. The van der Waals surface area contributed by atoms with Crippen LogP contribution in [0.25, 0.3) is 0 Å². The van der Waals surface area contributed by atoms with Crippen LogP contribution in [0.2, 0.25) is 0 Å². The van der Waals surface area contributed by atoms with Gasteiger partial charge in [-0.1, -0.05) is 36.4 Å². The second kappa shape index (κ2) is 18.3. The minimum absolute atomic E-state index is 0.00384. The van der Waals surface area contributed by atoms with Crippen LogP contribution in [0.3, 0.4) is 0 Å². The summed E-state index contributed by atoms with van der Waals surface area (Å²) in [4.78, 5) is 28.9. The summed E-state index contributed by atoms with van der Waals surface area (Å²) in [6.45, 7) is 14.9. The Morgan fingerprint density at radius 3 is 1.65 bits per heavy atom. The van der Waals surface area contributed by atoms with Gasteiger partial charge in [0.05, 0.1) is 12.2 Å². The van der Waals surface area contributed by atoms with Gasteiger partial charge in [0.1, 0.15) is 11.4 Å². The zero-order chi connectivity index (χ0) is 37.8. The average Bonchev–Trinajstić information content (AvgIpc) is 3.03. The lowest BCUT2D eigenvalue weighted by Gasteiger charge is -2.31. The Labute approximate surface area is 307 Å². The van der Waals surface area contributed by atoms with Crippen LogP contribution in [0.4, 0.5) is 16.2 Å². The molecule has 0 saturated heterocycles. The number of carbonyl (C=O) groups is 2. The number of rotatable bonds is 18. The summed E-state index contributed by atoms with van der Waals surface area (Å²) < 4.78 is 17.5. The molecule has 0 aromatic heterocycles. The minimum Gasteiger partial charge on any atom is -0.494 e. The molecule has 0 heterocycles. The van der Waals surface area contributed by atoms with E-state index in [1.165, 1.54) is 16.7 Å². The second-order valence-electron chi connectivity index (χ2n) is 15.9. The van der Waals surface area contributed by atoms with Crippen LogP contribution in [0.1, 0.15) is 96.8 Å². The van der Waals surface area contributed by atoms with Crippen LogP contribution in [-0.4, -0.2) is 76.7 Å². The third-order valence-electron chi connectivity index (χ3n) is 8.62. The quantitative estimate of drug-likeness (QED) is 0.102. The molecular formula is C42H62N4O5. The summed E-state index contributed by atoms with van der Waals surface area (Å²) in [5.74, 6) is 0.863. The van der Waals surface area contributed by atoms with Gasteiger partial charge in [-0.15, -0.1) is 0 Å². The number of ether oxygens (including phenoxy) is 3. The van der Waals surface area contributed by atoms with E-state index in [4.69, 9.17) is 14.2 Å². The molecule has 0 atom stereocenters. The highest BCUT2D eigenvalue weighted by atomic mass is 16.6. The Balaban J connectivity index is 1.44. The van der Waals surface area contributed by atoms with E-state index in [9.17, 15) is 9.59 Å². The van der Waals surface area contributed by atoms with E-state index in [2.05, 4.69) is 109 Å². The van der Waals surface area contributed by atoms with E-state index in [-0.39, 0.29) is 11.8 Å². The van der Waals surface area contributed by atoms with Gasteiger partial charge in [0.2, 0.25) is 5.91 Å². The van der Waals surface area contributed by atoms with Crippen LogP contribution in [0.5, 0.6) is 5.75 Å². The fraction of sp³-hybridized carbons (Fsp3) is 0.524. The first kappa shape index (κ1) is 41.2. The monoisotopic (exact) mass is 702 g/mol. The summed E-state index contributed by atoms with van der Waals surface area (Å²) in [5.41, 5.74) is 4.52. The van der Waals surface area contributed by atoms with E-state index in [0.717, 1.165) is 17.1 Å². The van der Waals surface area contributed by atoms with Crippen molar-refractivity contribution in [1.82, 2.24) is 10.6 Å². The standard InChI is InChI=1S/C42H62N4O5/c1-40(2,3)51-39(48)44-41(4,5)27-30-50-42(6,7)26-28-43-37(47)13-12-29-49-36-24-18-33(19-25-36)38(31-14-20-34(21-15-31)45(8)9)32-16-22-35(23-17-32)46(10)11/h14-25,38H,12-13,26-30H2,1-11H3,(H,43,47)(H,44,48). The molecule has 0 saturated carbocycles. The van der Waals surface area contributed by atoms with Gasteiger partial charge in [-0.05, 0) is 121 Å². The average molecular weight is 703 g/mol. The van der Waals surface area contributed by atoms with Crippen LogP contribution < -0.4 is 25.2 Å². The predicted molar refractivity (Wildman–Crippen MR) is 209 cm³/mol. The molecule has 3 aromatic carbocycles.